The number of ether oxygens (including phenoxy) is 1. The molecule has 0 saturated carbocycles. The van der Waals surface area contributed by atoms with Crippen molar-refractivity contribution in [1.29, 1.82) is 0 Å². The highest BCUT2D eigenvalue weighted by Gasteiger charge is 2.22. The van der Waals surface area contributed by atoms with Crippen molar-refractivity contribution in [1.82, 2.24) is 0 Å². The average Bonchev–Trinajstić information content (AvgIpc) is 2.06. The number of thioether (sulfide) groups is 1. The summed E-state index contributed by atoms with van der Waals surface area (Å²) in [5.74, 6) is 0. The Hall–Kier alpha value is -0.210. The van der Waals surface area contributed by atoms with Crippen molar-refractivity contribution in [3.63, 3.8) is 0 Å². The van der Waals surface area contributed by atoms with E-state index < -0.39 is 0 Å². The van der Waals surface area contributed by atoms with Crippen molar-refractivity contribution in [3.05, 3.63) is 24.3 Å². The lowest BCUT2D eigenvalue weighted by Crippen LogP contribution is -2.21. The minimum absolute atomic E-state index is 0.182. The van der Waals surface area contributed by atoms with Gasteiger partial charge in [0.25, 0.3) is 0 Å². The van der Waals surface area contributed by atoms with Crippen LogP contribution in [-0.2, 0) is 4.74 Å². The zero-order valence-electron chi connectivity index (χ0n) is 6.33. The first-order valence-corrected chi connectivity index (χ1v) is 4.51. The van der Waals surface area contributed by atoms with E-state index in [2.05, 4.69) is 24.3 Å². The fourth-order valence-electron chi connectivity index (χ4n) is 0.954. The molecule has 0 aliphatic heterocycles. The molecule has 0 radical (unpaired) electrons. The molecule has 0 heterocycles. The van der Waals surface area contributed by atoms with Crippen LogP contribution in [0.1, 0.15) is 6.42 Å². The molecule has 0 aromatic heterocycles. The van der Waals surface area contributed by atoms with Crippen LogP contribution in [0.25, 0.3) is 0 Å². The second-order valence-corrected chi connectivity index (χ2v) is 3.22. The molecule has 0 aromatic rings. The minimum Gasteiger partial charge on any atom is -0.360 e. The maximum atomic E-state index is 5.32. The van der Waals surface area contributed by atoms with E-state index in [0.29, 0.717) is 0 Å². The average molecular weight is 156 g/mol. The quantitative estimate of drug-likeness (QED) is 0.448. The molecular formula is C8H12OS. The standard InChI is InChI=1S/C8H12OS/c1-9-8(10-2)6-4-3-5-7-8/h4-7H,3H2,1-2H3. The van der Waals surface area contributed by atoms with Crippen LogP contribution in [0, 0.1) is 0 Å². The summed E-state index contributed by atoms with van der Waals surface area (Å²) in [6.07, 6.45) is 11.5. The Kier molecular flexibility index (Phi) is 2.57. The summed E-state index contributed by atoms with van der Waals surface area (Å²) in [4.78, 5) is -0.182. The van der Waals surface area contributed by atoms with Gasteiger partial charge in [-0.3, -0.25) is 0 Å². The van der Waals surface area contributed by atoms with Crippen molar-refractivity contribution >= 4 is 11.8 Å². The number of hydrogen-bond acceptors (Lipinski definition) is 2. The summed E-state index contributed by atoms with van der Waals surface area (Å²) in [6.45, 7) is 0. The Labute approximate surface area is 66.1 Å². The van der Waals surface area contributed by atoms with Crippen molar-refractivity contribution in [2.75, 3.05) is 13.4 Å². The third-order valence-electron chi connectivity index (χ3n) is 1.61. The van der Waals surface area contributed by atoms with Crippen LogP contribution in [0.15, 0.2) is 24.3 Å². The Morgan fingerprint density at radius 1 is 1.40 bits per heavy atom. The van der Waals surface area contributed by atoms with E-state index >= 15 is 0 Å². The Morgan fingerprint density at radius 2 is 2.00 bits per heavy atom. The van der Waals surface area contributed by atoms with E-state index in [1.807, 2.05) is 6.26 Å². The van der Waals surface area contributed by atoms with E-state index in [4.69, 9.17) is 4.74 Å². The highest BCUT2D eigenvalue weighted by Crippen LogP contribution is 2.29. The predicted molar refractivity (Wildman–Crippen MR) is 46.2 cm³/mol. The van der Waals surface area contributed by atoms with Gasteiger partial charge in [-0.05, 0) is 24.8 Å². The summed E-state index contributed by atoms with van der Waals surface area (Å²) in [5.41, 5.74) is 0. The lowest BCUT2D eigenvalue weighted by atomic mass is 10.1. The second-order valence-electron chi connectivity index (χ2n) is 2.17. The van der Waals surface area contributed by atoms with Crippen LogP contribution < -0.4 is 0 Å². The molecule has 0 spiro atoms. The fourth-order valence-corrected chi connectivity index (χ4v) is 1.59. The minimum atomic E-state index is -0.182. The van der Waals surface area contributed by atoms with Crippen molar-refractivity contribution in [3.8, 4) is 0 Å². The molecule has 2 heteroatoms. The Balaban J connectivity index is 2.71. The van der Waals surface area contributed by atoms with Gasteiger partial charge in [0.15, 0.2) is 4.93 Å². The molecule has 1 aliphatic carbocycles. The lowest BCUT2D eigenvalue weighted by Gasteiger charge is -2.24. The third kappa shape index (κ3) is 1.44. The second kappa shape index (κ2) is 3.26. The molecule has 0 bridgehead atoms. The molecule has 0 saturated heterocycles. The molecule has 0 fully saturated rings. The van der Waals surface area contributed by atoms with Crippen LogP contribution in [0.4, 0.5) is 0 Å². The van der Waals surface area contributed by atoms with Gasteiger partial charge < -0.3 is 4.74 Å². The SMILES string of the molecule is COC1(SC)C=CCC=C1. The molecular weight excluding hydrogens is 144 g/mol. The molecule has 1 aliphatic rings. The fraction of sp³-hybridized carbons (Fsp3) is 0.500. The van der Waals surface area contributed by atoms with E-state index in [0.717, 1.165) is 6.42 Å². The van der Waals surface area contributed by atoms with Crippen molar-refractivity contribution in [2.24, 2.45) is 0 Å². The van der Waals surface area contributed by atoms with Gasteiger partial charge in [-0.2, -0.15) is 0 Å². The number of rotatable bonds is 2. The smallest absolute Gasteiger partial charge is 0.150 e. The van der Waals surface area contributed by atoms with Crippen molar-refractivity contribution in [2.45, 2.75) is 11.4 Å². The van der Waals surface area contributed by atoms with E-state index in [1.165, 1.54) is 0 Å². The van der Waals surface area contributed by atoms with Gasteiger partial charge in [0.1, 0.15) is 0 Å². The first-order valence-electron chi connectivity index (χ1n) is 3.29. The Bertz CT molecular complexity index is 143. The van der Waals surface area contributed by atoms with E-state index in [-0.39, 0.29) is 4.93 Å². The van der Waals surface area contributed by atoms with Crippen LogP contribution in [0.5, 0.6) is 0 Å². The van der Waals surface area contributed by atoms with Crippen LogP contribution >= 0.6 is 11.8 Å². The topological polar surface area (TPSA) is 9.23 Å². The molecule has 1 nitrogen and oxygen atoms in total. The van der Waals surface area contributed by atoms with E-state index in [1.54, 1.807) is 18.9 Å². The number of hydrogen-bond donors (Lipinski definition) is 0. The highest BCUT2D eigenvalue weighted by atomic mass is 32.2. The third-order valence-corrected chi connectivity index (χ3v) is 2.69. The van der Waals surface area contributed by atoms with E-state index in [9.17, 15) is 0 Å². The molecule has 0 aromatic carbocycles. The molecule has 0 unspecified atom stereocenters. The zero-order valence-corrected chi connectivity index (χ0v) is 7.15. The normalized spacial score (nSPS) is 21.4. The molecule has 10 heavy (non-hydrogen) atoms. The summed E-state index contributed by atoms with van der Waals surface area (Å²) >= 11 is 1.70. The first-order chi connectivity index (χ1) is 4.83. The predicted octanol–water partition coefficient (Wildman–Crippen LogP) is 2.21. The summed E-state index contributed by atoms with van der Waals surface area (Å²) in [5, 5.41) is 0. The number of allylic oxidation sites excluding steroid dienone is 2. The van der Waals surface area contributed by atoms with Crippen LogP contribution in [0.3, 0.4) is 0 Å². The first kappa shape index (κ1) is 7.89. The summed E-state index contributed by atoms with van der Waals surface area (Å²) in [7, 11) is 1.73. The lowest BCUT2D eigenvalue weighted by molar-refractivity contribution is 0.149. The van der Waals surface area contributed by atoms with Crippen LogP contribution in [0.2, 0.25) is 0 Å². The van der Waals surface area contributed by atoms with Gasteiger partial charge in [0.05, 0.1) is 0 Å². The monoisotopic (exact) mass is 156 g/mol. The zero-order chi connectivity index (χ0) is 7.45. The van der Waals surface area contributed by atoms with Gasteiger partial charge in [-0.25, -0.2) is 0 Å². The maximum Gasteiger partial charge on any atom is 0.150 e. The van der Waals surface area contributed by atoms with Gasteiger partial charge in [-0.15, -0.1) is 11.8 Å². The molecule has 1 rings (SSSR count). The molecule has 0 amide bonds. The summed E-state index contributed by atoms with van der Waals surface area (Å²) in [6, 6.07) is 0. The van der Waals surface area contributed by atoms with Gasteiger partial charge in [0, 0.05) is 7.11 Å². The van der Waals surface area contributed by atoms with Gasteiger partial charge in [0.2, 0.25) is 0 Å². The molecule has 0 atom stereocenters. The summed E-state index contributed by atoms with van der Waals surface area (Å²) < 4.78 is 5.32. The van der Waals surface area contributed by atoms with Gasteiger partial charge in [-0.1, -0.05) is 12.2 Å². The maximum absolute atomic E-state index is 5.32. The highest BCUT2D eigenvalue weighted by molar-refractivity contribution is 8.00. The molecule has 56 valence electrons. The van der Waals surface area contributed by atoms with Crippen molar-refractivity contribution < 1.29 is 4.74 Å². The number of methoxy groups -OCH3 is 1. The largest absolute Gasteiger partial charge is 0.360 e. The van der Waals surface area contributed by atoms with Crippen LogP contribution in [-0.4, -0.2) is 18.3 Å². The Morgan fingerprint density at radius 3 is 2.30 bits per heavy atom. The van der Waals surface area contributed by atoms with Gasteiger partial charge >= 0.3 is 0 Å². The molecule has 0 N–H and O–H groups in total.